The zero-order valence-electron chi connectivity index (χ0n) is 7.99. The first-order valence-electron chi connectivity index (χ1n) is 4.49. The highest BCUT2D eigenvalue weighted by atomic mass is 16.5. The third kappa shape index (κ3) is 1.23. The Morgan fingerprint density at radius 2 is 2.29 bits per heavy atom. The summed E-state index contributed by atoms with van der Waals surface area (Å²) in [6.45, 7) is 0. The van der Waals surface area contributed by atoms with Crippen molar-refractivity contribution >= 4 is 5.91 Å². The summed E-state index contributed by atoms with van der Waals surface area (Å²) in [4.78, 5) is 15.3. The Morgan fingerprint density at radius 3 is 2.64 bits per heavy atom. The number of hydrogen-bond acceptors (Lipinski definition) is 3. The maximum absolute atomic E-state index is 11.2. The standard InChI is InChI=1S/C10H12N2O2/c1-14-8-3-2-7(6-12-8)10(4-5-10)9(11)13/h2-3,6H,4-5H2,1H3,(H2,11,13). The zero-order chi connectivity index (χ0) is 10.2. The third-order valence-electron chi connectivity index (χ3n) is 2.72. The molecule has 0 radical (unpaired) electrons. The van der Waals surface area contributed by atoms with E-state index in [1.165, 1.54) is 0 Å². The number of rotatable bonds is 3. The second kappa shape index (κ2) is 2.97. The molecule has 1 saturated carbocycles. The van der Waals surface area contributed by atoms with Crippen molar-refractivity contribution in [3.05, 3.63) is 23.9 Å². The minimum atomic E-state index is -0.445. The molecule has 0 atom stereocenters. The molecule has 0 spiro atoms. The van der Waals surface area contributed by atoms with Crippen LogP contribution in [0.3, 0.4) is 0 Å². The van der Waals surface area contributed by atoms with Crippen molar-refractivity contribution in [1.29, 1.82) is 0 Å². The molecule has 2 N–H and O–H groups in total. The number of amides is 1. The highest BCUT2D eigenvalue weighted by Crippen LogP contribution is 2.47. The highest BCUT2D eigenvalue weighted by Gasteiger charge is 2.50. The smallest absolute Gasteiger partial charge is 0.228 e. The molecule has 1 fully saturated rings. The summed E-state index contributed by atoms with van der Waals surface area (Å²) in [5, 5.41) is 0. The van der Waals surface area contributed by atoms with Gasteiger partial charge in [-0.25, -0.2) is 4.98 Å². The molecule has 0 aliphatic heterocycles. The van der Waals surface area contributed by atoms with E-state index in [2.05, 4.69) is 4.98 Å². The van der Waals surface area contributed by atoms with Crippen LogP contribution in [0.4, 0.5) is 0 Å². The van der Waals surface area contributed by atoms with E-state index in [4.69, 9.17) is 10.5 Å². The minimum absolute atomic E-state index is 0.260. The van der Waals surface area contributed by atoms with Gasteiger partial charge in [0.1, 0.15) is 0 Å². The predicted octanol–water partition coefficient (Wildman–Crippen LogP) is 0.607. The van der Waals surface area contributed by atoms with Gasteiger partial charge in [0, 0.05) is 12.3 Å². The lowest BCUT2D eigenvalue weighted by Crippen LogP contribution is -2.28. The monoisotopic (exact) mass is 192 g/mol. The number of carbonyl (C=O) groups excluding carboxylic acids is 1. The summed E-state index contributed by atoms with van der Waals surface area (Å²) in [6.07, 6.45) is 3.32. The number of aromatic nitrogens is 1. The van der Waals surface area contributed by atoms with Crippen LogP contribution in [-0.2, 0) is 10.2 Å². The molecule has 14 heavy (non-hydrogen) atoms. The number of pyridine rings is 1. The number of nitrogens with two attached hydrogens (primary N) is 1. The first-order chi connectivity index (χ1) is 6.69. The Kier molecular flexibility index (Phi) is 1.91. The maximum Gasteiger partial charge on any atom is 0.228 e. The summed E-state index contributed by atoms with van der Waals surface area (Å²) < 4.78 is 4.94. The Hall–Kier alpha value is -1.58. The molecule has 2 rings (SSSR count). The van der Waals surface area contributed by atoms with Gasteiger partial charge in [0.15, 0.2) is 0 Å². The Balaban J connectivity index is 2.29. The van der Waals surface area contributed by atoms with Crippen molar-refractivity contribution in [2.75, 3.05) is 7.11 Å². The van der Waals surface area contributed by atoms with Crippen molar-refractivity contribution < 1.29 is 9.53 Å². The largest absolute Gasteiger partial charge is 0.481 e. The molecule has 74 valence electrons. The van der Waals surface area contributed by atoms with E-state index in [1.807, 2.05) is 6.07 Å². The molecule has 1 aromatic heterocycles. The molecule has 4 heteroatoms. The number of primary amides is 1. The van der Waals surface area contributed by atoms with Crippen molar-refractivity contribution in [3.63, 3.8) is 0 Å². The molecule has 1 heterocycles. The molecule has 4 nitrogen and oxygen atoms in total. The van der Waals surface area contributed by atoms with E-state index in [0.29, 0.717) is 5.88 Å². The van der Waals surface area contributed by atoms with Crippen LogP contribution in [0.1, 0.15) is 18.4 Å². The van der Waals surface area contributed by atoms with Gasteiger partial charge in [-0.2, -0.15) is 0 Å². The van der Waals surface area contributed by atoms with Crippen LogP contribution in [0.15, 0.2) is 18.3 Å². The van der Waals surface area contributed by atoms with Crippen molar-refractivity contribution in [3.8, 4) is 5.88 Å². The van der Waals surface area contributed by atoms with Crippen LogP contribution in [0.5, 0.6) is 5.88 Å². The van der Waals surface area contributed by atoms with E-state index >= 15 is 0 Å². The van der Waals surface area contributed by atoms with Crippen LogP contribution in [0, 0.1) is 0 Å². The second-order valence-corrected chi connectivity index (χ2v) is 3.54. The lowest BCUT2D eigenvalue weighted by molar-refractivity contribution is -0.120. The number of carbonyl (C=O) groups is 1. The highest BCUT2D eigenvalue weighted by molar-refractivity contribution is 5.89. The molecule has 0 bridgehead atoms. The predicted molar refractivity (Wildman–Crippen MR) is 50.9 cm³/mol. The fourth-order valence-electron chi connectivity index (χ4n) is 1.59. The lowest BCUT2D eigenvalue weighted by Gasteiger charge is -2.10. The summed E-state index contributed by atoms with van der Waals surface area (Å²) in [7, 11) is 1.56. The molecule has 0 aromatic carbocycles. The second-order valence-electron chi connectivity index (χ2n) is 3.54. The normalized spacial score (nSPS) is 17.5. The van der Waals surface area contributed by atoms with Gasteiger partial charge in [0.25, 0.3) is 0 Å². The minimum Gasteiger partial charge on any atom is -0.481 e. The molecule has 1 amide bonds. The van der Waals surface area contributed by atoms with Gasteiger partial charge >= 0.3 is 0 Å². The number of nitrogens with zero attached hydrogens (tertiary/aromatic N) is 1. The molecule has 0 unspecified atom stereocenters. The van der Waals surface area contributed by atoms with Crippen LogP contribution in [0.25, 0.3) is 0 Å². The average Bonchev–Trinajstić information content (AvgIpc) is 2.99. The van der Waals surface area contributed by atoms with Crippen molar-refractivity contribution in [1.82, 2.24) is 4.98 Å². The molecule has 1 aliphatic rings. The van der Waals surface area contributed by atoms with Crippen LogP contribution >= 0.6 is 0 Å². The molecule has 1 aromatic rings. The third-order valence-corrected chi connectivity index (χ3v) is 2.72. The summed E-state index contributed by atoms with van der Waals surface area (Å²) in [6, 6.07) is 3.60. The average molecular weight is 192 g/mol. The Morgan fingerprint density at radius 1 is 1.57 bits per heavy atom. The van der Waals surface area contributed by atoms with E-state index in [9.17, 15) is 4.79 Å². The fourth-order valence-corrected chi connectivity index (χ4v) is 1.59. The SMILES string of the molecule is COc1ccc(C2(C(N)=O)CC2)cn1. The molecular formula is C10H12N2O2. The quantitative estimate of drug-likeness (QED) is 0.763. The molecule has 1 aliphatic carbocycles. The lowest BCUT2D eigenvalue weighted by atomic mass is 9.97. The summed E-state index contributed by atoms with van der Waals surface area (Å²) in [5.41, 5.74) is 5.79. The van der Waals surface area contributed by atoms with E-state index < -0.39 is 5.41 Å². The first kappa shape index (κ1) is 8.99. The molecule has 0 saturated heterocycles. The number of ether oxygens (including phenoxy) is 1. The zero-order valence-corrected chi connectivity index (χ0v) is 7.99. The number of hydrogen-bond donors (Lipinski definition) is 1. The van der Waals surface area contributed by atoms with Gasteiger partial charge in [0.2, 0.25) is 11.8 Å². The summed E-state index contributed by atoms with van der Waals surface area (Å²) >= 11 is 0. The Labute approximate surface area is 82.1 Å². The summed E-state index contributed by atoms with van der Waals surface area (Å²) in [5.74, 6) is 0.290. The van der Waals surface area contributed by atoms with Crippen LogP contribution < -0.4 is 10.5 Å². The first-order valence-corrected chi connectivity index (χ1v) is 4.49. The van der Waals surface area contributed by atoms with E-state index in [1.54, 1.807) is 19.4 Å². The van der Waals surface area contributed by atoms with E-state index in [0.717, 1.165) is 18.4 Å². The van der Waals surface area contributed by atoms with Gasteiger partial charge in [-0.3, -0.25) is 4.79 Å². The Bertz CT molecular complexity index is 355. The van der Waals surface area contributed by atoms with Gasteiger partial charge in [-0.15, -0.1) is 0 Å². The van der Waals surface area contributed by atoms with Crippen molar-refractivity contribution in [2.45, 2.75) is 18.3 Å². The van der Waals surface area contributed by atoms with Crippen molar-refractivity contribution in [2.24, 2.45) is 5.73 Å². The maximum atomic E-state index is 11.2. The topological polar surface area (TPSA) is 65.2 Å². The van der Waals surface area contributed by atoms with Gasteiger partial charge in [0.05, 0.1) is 12.5 Å². The fraction of sp³-hybridized carbons (Fsp3) is 0.400. The number of methoxy groups -OCH3 is 1. The van der Waals surface area contributed by atoms with Crippen LogP contribution in [-0.4, -0.2) is 18.0 Å². The van der Waals surface area contributed by atoms with E-state index in [-0.39, 0.29) is 5.91 Å². The van der Waals surface area contributed by atoms with Gasteiger partial charge < -0.3 is 10.5 Å². The van der Waals surface area contributed by atoms with Crippen LogP contribution in [0.2, 0.25) is 0 Å². The molecular weight excluding hydrogens is 180 g/mol. The van der Waals surface area contributed by atoms with Gasteiger partial charge in [-0.05, 0) is 18.4 Å². The van der Waals surface area contributed by atoms with Gasteiger partial charge in [-0.1, -0.05) is 6.07 Å².